The molecule has 4 N–H and O–H groups in total. The van der Waals surface area contributed by atoms with Gasteiger partial charge in [-0.15, -0.1) is 0 Å². The second-order valence-electron chi connectivity index (χ2n) is 9.96. The van der Waals surface area contributed by atoms with Gasteiger partial charge in [-0.2, -0.15) is 0 Å². The third-order valence-corrected chi connectivity index (χ3v) is 5.87. The van der Waals surface area contributed by atoms with E-state index in [1.165, 1.54) is 0 Å². The van der Waals surface area contributed by atoms with Crippen LogP contribution in [-0.4, -0.2) is 52.0 Å². The van der Waals surface area contributed by atoms with Crippen LogP contribution in [0.1, 0.15) is 69.8 Å². The molecule has 8 nitrogen and oxygen atoms in total. The van der Waals surface area contributed by atoms with Crippen molar-refractivity contribution in [1.29, 1.82) is 0 Å². The monoisotopic (exact) mass is 482 g/mol. The Bertz CT molecular complexity index is 1050. The van der Waals surface area contributed by atoms with Crippen LogP contribution in [0.4, 0.5) is 4.79 Å². The van der Waals surface area contributed by atoms with Gasteiger partial charge in [0.2, 0.25) is 0 Å². The van der Waals surface area contributed by atoms with Gasteiger partial charge in [0.05, 0.1) is 5.54 Å². The Kier molecular flexibility index (Phi) is 9.33. The summed E-state index contributed by atoms with van der Waals surface area (Å²) >= 11 is 0. The second kappa shape index (κ2) is 11.8. The van der Waals surface area contributed by atoms with Crippen LogP contribution in [0.2, 0.25) is 0 Å². The number of rotatable bonds is 7. The molecule has 2 rings (SSSR count). The first kappa shape index (κ1) is 27.8. The van der Waals surface area contributed by atoms with Crippen LogP contribution in [0, 0.1) is 35.5 Å². The Morgan fingerprint density at radius 1 is 1.11 bits per heavy atom. The predicted molar refractivity (Wildman–Crippen MR) is 131 cm³/mol. The van der Waals surface area contributed by atoms with Crippen LogP contribution < -0.4 is 10.6 Å². The van der Waals surface area contributed by atoms with Crippen molar-refractivity contribution in [1.82, 2.24) is 10.6 Å². The molecule has 0 spiro atoms. The normalized spacial score (nSPS) is 19.3. The molecule has 8 heteroatoms. The van der Waals surface area contributed by atoms with Crippen molar-refractivity contribution in [3.8, 4) is 23.7 Å². The van der Waals surface area contributed by atoms with Crippen molar-refractivity contribution in [3.63, 3.8) is 0 Å². The number of carboxylic acid groups (broad SMARTS) is 1. The highest BCUT2D eigenvalue weighted by Crippen LogP contribution is 2.32. The summed E-state index contributed by atoms with van der Waals surface area (Å²) in [6.45, 7) is 8.57. The zero-order valence-electron chi connectivity index (χ0n) is 20.9. The molecule has 2 amide bonds. The van der Waals surface area contributed by atoms with Gasteiger partial charge in [0.25, 0.3) is 5.91 Å². The van der Waals surface area contributed by atoms with Gasteiger partial charge in [-0.1, -0.05) is 18.8 Å². The quantitative estimate of drug-likeness (QED) is 0.443. The standard InChI is InChI=1S/C27H34N2O6/c1-6-27(5,29-25(34)35-26(2,3)4)22(24(32)33)28-23(31)21-13-11-18(12-14-21)9-7-8-10-19-15-20(16-19)17-30/h11-14,19-20,22,30H,6,15-17H2,1-5H3,(H,28,31)(H,29,34)(H,32,33). The van der Waals surface area contributed by atoms with E-state index in [1.807, 2.05) is 0 Å². The van der Waals surface area contributed by atoms with Gasteiger partial charge in [0.1, 0.15) is 11.6 Å². The van der Waals surface area contributed by atoms with Gasteiger partial charge in [-0.3, -0.25) is 4.79 Å². The second-order valence-corrected chi connectivity index (χ2v) is 9.96. The first-order valence-electron chi connectivity index (χ1n) is 11.6. The number of aliphatic hydroxyl groups is 1. The van der Waals surface area contributed by atoms with E-state index in [4.69, 9.17) is 9.84 Å². The van der Waals surface area contributed by atoms with Crippen LogP contribution in [0.15, 0.2) is 24.3 Å². The van der Waals surface area contributed by atoms with Crippen molar-refractivity contribution in [2.45, 2.75) is 71.1 Å². The smallest absolute Gasteiger partial charge is 0.408 e. The van der Waals surface area contributed by atoms with Gasteiger partial charge in [-0.25, -0.2) is 9.59 Å². The Morgan fingerprint density at radius 3 is 2.26 bits per heavy atom. The van der Waals surface area contributed by atoms with Gasteiger partial charge < -0.3 is 25.6 Å². The number of hydrogen-bond acceptors (Lipinski definition) is 5. The largest absolute Gasteiger partial charge is 0.480 e. The molecule has 0 saturated heterocycles. The first-order chi connectivity index (χ1) is 16.4. The number of carbonyl (C=O) groups excluding carboxylic acids is 2. The predicted octanol–water partition coefficient (Wildman–Crippen LogP) is 2.94. The zero-order valence-corrected chi connectivity index (χ0v) is 20.9. The molecule has 2 atom stereocenters. The minimum Gasteiger partial charge on any atom is -0.480 e. The lowest BCUT2D eigenvalue weighted by Gasteiger charge is -2.36. The fraction of sp³-hybridized carbons (Fsp3) is 0.519. The highest BCUT2D eigenvalue weighted by molar-refractivity contribution is 5.97. The molecule has 1 fully saturated rings. The van der Waals surface area contributed by atoms with E-state index in [0.717, 1.165) is 12.8 Å². The number of aliphatic hydroxyl groups excluding tert-OH is 1. The van der Waals surface area contributed by atoms with Crippen LogP contribution in [-0.2, 0) is 9.53 Å². The maximum Gasteiger partial charge on any atom is 0.408 e. The summed E-state index contributed by atoms with van der Waals surface area (Å²) in [5, 5.41) is 23.9. The molecule has 1 aliphatic carbocycles. The number of amides is 2. The number of ether oxygens (including phenoxy) is 1. The molecule has 1 aromatic carbocycles. The molecule has 188 valence electrons. The lowest BCUT2D eigenvalue weighted by atomic mass is 9.76. The number of hydrogen-bond donors (Lipinski definition) is 4. The minimum absolute atomic E-state index is 0.203. The van der Waals surface area contributed by atoms with Crippen LogP contribution in [0.3, 0.4) is 0 Å². The highest BCUT2D eigenvalue weighted by Gasteiger charge is 2.41. The average Bonchev–Trinajstić information content (AvgIpc) is 2.74. The molecule has 1 saturated carbocycles. The van der Waals surface area contributed by atoms with E-state index >= 15 is 0 Å². The van der Waals surface area contributed by atoms with E-state index in [-0.39, 0.29) is 24.5 Å². The number of carbonyl (C=O) groups is 3. The lowest BCUT2D eigenvalue weighted by molar-refractivity contribution is -0.141. The minimum atomic E-state index is -1.39. The molecule has 35 heavy (non-hydrogen) atoms. The highest BCUT2D eigenvalue weighted by atomic mass is 16.6. The Hall–Kier alpha value is -3.49. The topological polar surface area (TPSA) is 125 Å². The maximum atomic E-state index is 12.8. The average molecular weight is 483 g/mol. The number of aliphatic carboxylic acids is 1. The molecule has 0 aromatic heterocycles. The Balaban J connectivity index is 2.04. The zero-order chi connectivity index (χ0) is 26.2. The van der Waals surface area contributed by atoms with Gasteiger partial charge in [-0.05, 0) is 89.0 Å². The Morgan fingerprint density at radius 2 is 1.74 bits per heavy atom. The van der Waals surface area contributed by atoms with Gasteiger partial charge >= 0.3 is 12.1 Å². The molecular formula is C27H34N2O6. The summed E-state index contributed by atoms with van der Waals surface area (Å²) in [6.07, 6.45) is 1.27. The summed E-state index contributed by atoms with van der Waals surface area (Å²) < 4.78 is 5.25. The summed E-state index contributed by atoms with van der Waals surface area (Å²) in [4.78, 5) is 37.1. The van der Waals surface area contributed by atoms with Crippen molar-refractivity contribution in [3.05, 3.63) is 35.4 Å². The number of benzene rings is 1. The van der Waals surface area contributed by atoms with Crippen LogP contribution in [0.5, 0.6) is 0 Å². The van der Waals surface area contributed by atoms with E-state index < -0.39 is 35.2 Å². The third kappa shape index (κ3) is 8.35. The Labute approximate surface area is 206 Å². The molecule has 1 aliphatic rings. The number of alkyl carbamates (subject to hydrolysis) is 1. The van der Waals surface area contributed by atoms with Gasteiger partial charge in [0.15, 0.2) is 0 Å². The fourth-order valence-electron chi connectivity index (χ4n) is 3.56. The summed E-state index contributed by atoms with van der Waals surface area (Å²) in [6, 6.07) is 5.02. The molecule has 0 radical (unpaired) electrons. The van der Waals surface area contributed by atoms with Crippen LogP contribution >= 0.6 is 0 Å². The first-order valence-corrected chi connectivity index (χ1v) is 11.6. The summed E-state index contributed by atoms with van der Waals surface area (Å²) in [5.41, 5.74) is -1.12. The molecule has 1 aromatic rings. The van der Waals surface area contributed by atoms with E-state index in [2.05, 4.69) is 34.3 Å². The van der Waals surface area contributed by atoms with E-state index in [9.17, 15) is 19.5 Å². The lowest BCUT2D eigenvalue weighted by Crippen LogP contribution is -2.63. The maximum absolute atomic E-state index is 12.8. The summed E-state index contributed by atoms with van der Waals surface area (Å²) in [7, 11) is 0. The van der Waals surface area contributed by atoms with Gasteiger partial charge in [0, 0.05) is 23.7 Å². The van der Waals surface area contributed by atoms with E-state index in [1.54, 1.807) is 58.9 Å². The summed E-state index contributed by atoms with van der Waals surface area (Å²) in [5.74, 6) is 10.4. The van der Waals surface area contributed by atoms with Crippen molar-refractivity contribution >= 4 is 18.0 Å². The molecule has 2 unspecified atom stereocenters. The SMILES string of the molecule is CCC(C)(NC(=O)OC(C)(C)C)C(NC(=O)c1ccc(C#CC#CC2CC(CO)C2)cc1)C(=O)O. The molecule has 0 aliphatic heterocycles. The number of carboxylic acids is 1. The number of nitrogens with one attached hydrogen (secondary N) is 2. The van der Waals surface area contributed by atoms with Crippen molar-refractivity contribution in [2.75, 3.05) is 6.61 Å². The fourth-order valence-corrected chi connectivity index (χ4v) is 3.56. The van der Waals surface area contributed by atoms with Crippen molar-refractivity contribution < 1.29 is 29.3 Å². The molecule has 0 heterocycles. The van der Waals surface area contributed by atoms with Crippen molar-refractivity contribution in [2.24, 2.45) is 11.8 Å². The molecular weight excluding hydrogens is 448 g/mol. The van der Waals surface area contributed by atoms with Crippen LogP contribution in [0.25, 0.3) is 0 Å². The van der Waals surface area contributed by atoms with E-state index in [0.29, 0.717) is 11.5 Å². The molecule has 0 bridgehead atoms. The third-order valence-electron chi connectivity index (χ3n) is 5.87.